The molecule has 2 heterocycles. The summed E-state index contributed by atoms with van der Waals surface area (Å²) in [5.74, 6) is 0.0944. The molecular weight excluding hydrogens is 200 g/mol. The molecule has 0 unspecified atom stereocenters. The van der Waals surface area contributed by atoms with E-state index in [1.165, 1.54) is 5.56 Å². The van der Waals surface area contributed by atoms with Crippen molar-refractivity contribution in [3.8, 4) is 0 Å². The molecule has 0 N–H and O–H groups in total. The Bertz CT molecular complexity index is 412. The van der Waals surface area contributed by atoms with Crippen LogP contribution in [0.3, 0.4) is 0 Å². The quantitative estimate of drug-likeness (QED) is 0.712. The van der Waals surface area contributed by atoms with Crippen molar-refractivity contribution in [1.29, 1.82) is 0 Å². The highest BCUT2D eigenvalue weighted by atomic mass is 16.1. The number of pyridine rings is 1. The number of hydrogen-bond donors (Lipinski definition) is 0. The molecule has 1 aromatic rings. The summed E-state index contributed by atoms with van der Waals surface area (Å²) in [5.41, 5.74) is 3.10. The van der Waals surface area contributed by atoms with E-state index in [2.05, 4.69) is 23.7 Å². The van der Waals surface area contributed by atoms with E-state index in [4.69, 9.17) is 0 Å². The third kappa shape index (κ3) is 2.14. The number of carbonyl (C=O) groups excluding carboxylic acids is 1. The molecule has 3 nitrogen and oxygen atoms in total. The standard InChI is InChI=1S/C13H18N2O/c1-9(2)15-5-4-13-12(8-15)6-11(7-14-13)10(3)16/h6-7,9H,4-5,8H2,1-3H3. The van der Waals surface area contributed by atoms with Crippen molar-refractivity contribution in [1.82, 2.24) is 9.88 Å². The smallest absolute Gasteiger partial charge is 0.161 e. The summed E-state index contributed by atoms with van der Waals surface area (Å²) in [6, 6.07) is 2.55. The second-order valence-corrected chi connectivity index (χ2v) is 4.70. The van der Waals surface area contributed by atoms with Crippen LogP contribution in [0.25, 0.3) is 0 Å². The van der Waals surface area contributed by atoms with E-state index >= 15 is 0 Å². The van der Waals surface area contributed by atoms with Crippen molar-refractivity contribution in [3.05, 3.63) is 29.1 Å². The number of aromatic nitrogens is 1. The molecule has 0 fully saturated rings. The summed E-state index contributed by atoms with van der Waals surface area (Å²) in [4.78, 5) is 18.1. The van der Waals surface area contributed by atoms with Gasteiger partial charge in [-0.2, -0.15) is 0 Å². The average Bonchev–Trinajstić information content (AvgIpc) is 2.27. The minimum absolute atomic E-state index is 0.0944. The van der Waals surface area contributed by atoms with Gasteiger partial charge in [-0.15, -0.1) is 0 Å². The van der Waals surface area contributed by atoms with Gasteiger partial charge in [0.05, 0.1) is 0 Å². The molecule has 2 rings (SSSR count). The van der Waals surface area contributed by atoms with Crippen LogP contribution in [0.15, 0.2) is 12.3 Å². The van der Waals surface area contributed by atoms with Gasteiger partial charge in [-0.3, -0.25) is 14.7 Å². The molecule has 0 bridgehead atoms. The summed E-state index contributed by atoms with van der Waals surface area (Å²) in [7, 11) is 0. The number of rotatable bonds is 2. The van der Waals surface area contributed by atoms with E-state index in [9.17, 15) is 4.79 Å². The Hall–Kier alpha value is -1.22. The van der Waals surface area contributed by atoms with Crippen LogP contribution in [0, 0.1) is 0 Å². The average molecular weight is 218 g/mol. The van der Waals surface area contributed by atoms with Crippen molar-refractivity contribution < 1.29 is 4.79 Å². The monoisotopic (exact) mass is 218 g/mol. The van der Waals surface area contributed by atoms with Gasteiger partial charge in [-0.1, -0.05) is 0 Å². The predicted octanol–water partition coefficient (Wildman–Crippen LogP) is 2.05. The van der Waals surface area contributed by atoms with Crippen LogP contribution < -0.4 is 0 Å². The van der Waals surface area contributed by atoms with Crippen LogP contribution in [0.2, 0.25) is 0 Å². The Morgan fingerprint density at radius 1 is 1.50 bits per heavy atom. The summed E-state index contributed by atoms with van der Waals surface area (Å²) in [6.45, 7) is 7.98. The summed E-state index contributed by atoms with van der Waals surface area (Å²) < 4.78 is 0. The molecule has 3 heteroatoms. The lowest BCUT2D eigenvalue weighted by Gasteiger charge is -2.31. The Balaban J connectivity index is 2.28. The lowest BCUT2D eigenvalue weighted by molar-refractivity contribution is 0.101. The molecule has 0 aromatic carbocycles. The second kappa shape index (κ2) is 4.34. The van der Waals surface area contributed by atoms with Gasteiger partial charge >= 0.3 is 0 Å². The molecule has 1 aromatic heterocycles. The number of Topliss-reactive ketones (excluding diaryl/α,β-unsaturated/α-hetero) is 1. The maximum absolute atomic E-state index is 11.3. The van der Waals surface area contributed by atoms with E-state index in [-0.39, 0.29) is 5.78 Å². The highest BCUT2D eigenvalue weighted by molar-refractivity contribution is 5.93. The minimum atomic E-state index is 0.0944. The molecule has 0 saturated heterocycles. The fourth-order valence-corrected chi connectivity index (χ4v) is 2.08. The van der Waals surface area contributed by atoms with Gasteiger partial charge in [0.25, 0.3) is 0 Å². The fourth-order valence-electron chi connectivity index (χ4n) is 2.08. The molecule has 1 aliphatic heterocycles. The maximum Gasteiger partial charge on any atom is 0.161 e. The normalized spacial score (nSPS) is 16.2. The van der Waals surface area contributed by atoms with Crippen LogP contribution in [-0.2, 0) is 13.0 Å². The first-order valence-electron chi connectivity index (χ1n) is 5.80. The minimum Gasteiger partial charge on any atom is -0.296 e. The molecule has 0 aliphatic carbocycles. The van der Waals surface area contributed by atoms with Crippen LogP contribution >= 0.6 is 0 Å². The third-order valence-electron chi connectivity index (χ3n) is 3.21. The van der Waals surface area contributed by atoms with Crippen molar-refractivity contribution in [3.63, 3.8) is 0 Å². The van der Waals surface area contributed by atoms with E-state index in [1.807, 2.05) is 6.07 Å². The topological polar surface area (TPSA) is 33.2 Å². The molecule has 0 saturated carbocycles. The van der Waals surface area contributed by atoms with Crippen molar-refractivity contribution in [2.45, 2.75) is 39.8 Å². The number of hydrogen-bond acceptors (Lipinski definition) is 3. The van der Waals surface area contributed by atoms with E-state index in [0.29, 0.717) is 6.04 Å². The van der Waals surface area contributed by atoms with Gasteiger partial charge in [-0.05, 0) is 32.4 Å². The Labute approximate surface area is 96.5 Å². The first-order chi connectivity index (χ1) is 7.58. The molecule has 0 spiro atoms. The lowest BCUT2D eigenvalue weighted by atomic mass is 10.0. The van der Waals surface area contributed by atoms with Gasteiger partial charge in [0, 0.05) is 43.0 Å². The first-order valence-corrected chi connectivity index (χ1v) is 5.80. The largest absolute Gasteiger partial charge is 0.296 e. The fraction of sp³-hybridized carbons (Fsp3) is 0.538. The lowest BCUT2D eigenvalue weighted by Crippen LogP contribution is -2.36. The summed E-state index contributed by atoms with van der Waals surface area (Å²) in [6.07, 6.45) is 2.69. The highest BCUT2D eigenvalue weighted by Crippen LogP contribution is 2.19. The van der Waals surface area contributed by atoms with Crippen molar-refractivity contribution in [2.75, 3.05) is 6.54 Å². The number of nitrogens with zero attached hydrogens (tertiary/aromatic N) is 2. The predicted molar refractivity (Wildman–Crippen MR) is 63.5 cm³/mol. The Morgan fingerprint density at radius 3 is 2.88 bits per heavy atom. The van der Waals surface area contributed by atoms with Gasteiger partial charge in [-0.25, -0.2) is 0 Å². The molecule has 0 atom stereocenters. The Morgan fingerprint density at radius 2 is 2.25 bits per heavy atom. The number of carbonyl (C=O) groups is 1. The summed E-state index contributed by atoms with van der Waals surface area (Å²) >= 11 is 0. The van der Waals surface area contributed by atoms with E-state index in [1.54, 1.807) is 13.1 Å². The van der Waals surface area contributed by atoms with Gasteiger partial charge in [0.2, 0.25) is 0 Å². The van der Waals surface area contributed by atoms with Crippen molar-refractivity contribution >= 4 is 5.78 Å². The molecule has 86 valence electrons. The van der Waals surface area contributed by atoms with Crippen LogP contribution in [0.1, 0.15) is 42.4 Å². The number of fused-ring (bicyclic) bond motifs is 1. The number of ketones is 1. The summed E-state index contributed by atoms with van der Waals surface area (Å²) in [5, 5.41) is 0. The highest BCUT2D eigenvalue weighted by Gasteiger charge is 2.19. The first kappa shape index (κ1) is 11.3. The molecule has 1 aliphatic rings. The van der Waals surface area contributed by atoms with Gasteiger partial charge in [0.15, 0.2) is 5.78 Å². The maximum atomic E-state index is 11.3. The SMILES string of the molecule is CC(=O)c1cnc2c(c1)CN(C(C)C)CC2. The zero-order chi connectivity index (χ0) is 11.7. The van der Waals surface area contributed by atoms with Gasteiger partial charge < -0.3 is 0 Å². The molecule has 16 heavy (non-hydrogen) atoms. The molecule has 0 amide bonds. The van der Waals surface area contributed by atoms with Crippen LogP contribution in [0.5, 0.6) is 0 Å². The van der Waals surface area contributed by atoms with Crippen molar-refractivity contribution in [2.24, 2.45) is 0 Å². The van der Waals surface area contributed by atoms with Crippen LogP contribution in [0.4, 0.5) is 0 Å². The zero-order valence-electron chi connectivity index (χ0n) is 10.2. The third-order valence-corrected chi connectivity index (χ3v) is 3.21. The van der Waals surface area contributed by atoms with Crippen LogP contribution in [-0.4, -0.2) is 28.3 Å². The molecule has 0 radical (unpaired) electrons. The van der Waals surface area contributed by atoms with Gasteiger partial charge in [0.1, 0.15) is 0 Å². The van der Waals surface area contributed by atoms with E-state index in [0.717, 1.165) is 30.8 Å². The second-order valence-electron chi connectivity index (χ2n) is 4.70. The Kier molecular flexibility index (Phi) is 3.06. The van der Waals surface area contributed by atoms with E-state index < -0.39 is 0 Å². The zero-order valence-corrected chi connectivity index (χ0v) is 10.2. The molecular formula is C13H18N2O.